The van der Waals surface area contributed by atoms with E-state index in [9.17, 15) is 14.4 Å². The van der Waals surface area contributed by atoms with Crippen LogP contribution in [0.2, 0.25) is 0 Å². The number of benzene rings is 1. The number of fused-ring (bicyclic) bond motifs is 3. The number of esters is 3. The van der Waals surface area contributed by atoms with Crippen molar-refractivity contribution in [2.75, 3.05) is 6.61 Å². The van der Waals surface area contributed by atoms with Gasteiger partial charge in [-0.3, -0.25) is 14.4 Å². The molecule has 1 aromatic rings. The zero-order chi connectivity index (χ0) is 16.8. The molecule has 3 rings (SSSR count). The van der Waals surface area contributed by atoms with E-state index < -0.39 is 34.8 Å². The molecular formula is C17H18O6. The average molecular weight is 318 g/mol. The molecule has 23 heavy (non-hydrogen) atoms. The lowest BCUT2D eigenvalue weighted by Crippen LogP contribution is -2.69. The van der Waals surface area contributed by atoms with Crippen LogP contribution in [-0.2, 0) is 23.9 Å². The standard InChI is InChI=1S/C17H18O6/c1-4-21-14(19)17-9-16(3,23-10(2)18)13(17)11-7-5-6-8-12(11)22-15(17)20/h5-8,13H,4,9H2,1-3H3/t13-,16+,17+/m0/s1. The van der Waals surface area contributed by atoms with Crippen molar-refractivity contribution in [1.29, 1.82) is 0 Å². The number of hydrogen-bond acceptors (Lipinski definition) is 6. The Bertz CT molecular complexity index is 696. The third kappa shape index (κ3) is 2.04. The smallest absolute Gasteiger partial charge is 0.329 e. The normalized spacial score (nSPS) is 31.1. The Kier molecular flexibility index (Phi) is 3.43. The Hall–Kier alpha value is -2.37. The largest absolute Gasteiger partial charge is 0.465 e. The highest BCUT2D eigenvalue weighted by atomic mass is 16.6. The predicted octanol–water partition coefficient (Wildman–Crippen LogP) is 1.96. The van der Waals surface area contributed by atoms with Gasteiger partial charge in [-0.25, -0.2) is 0 Å². The van der Waals surface area contributed by atoms with Crippen molar-refractivity contribution in [2.45, 2.75) is 38.7 Å². The van der Waals surface area contributed by atoms with E-state index in [2.05, 4.69) is 0 Å². The fourth-order valence-electron chi connectivity index (χ4n) is 3.89. The van der Waals surface area contributed by atoms with E-state index in [1.54, 1.807) is 38.1 Å². The van der Waals surface area contributed by atoms with Crippen LogP contribution in [-0.4, -0.2) is 30.1 Å². The summed E-state index contributed by atoms with van der Waals surface area (Å²) in [4.78, 5) is 36.5. The van der Waals surface area contributed by atoms with Gasteiger partial charge < -0.3 is 14.2 Å². The second-order valence-electron chi connectivity index (χ2n) is 6.14. The monoisotopic (exact) mass is 318 g/mol. The van der Waals surface area contributed by atoms with Crippen molar-refractivity contribution < 1.29 is 28.6 Å². The summed E-state index contributed by atoms with van der Waals surface area (Å²) in [5.41, 5.74) is -1.72. The zero-order valence-corrected chi connectivity index (χ0v) is 13.3. The van der Waals surface area contributed by atoms with Crippen molar-refractivity contribution >= 4 is 17.9 Å². The van der Waals surface area contributed by atoms with E-state index in [-0.39, 0.29) is 13.0 Å². The van der Waals surface area contributed by atoms with Gasteiger partial charge in [0, 0.05) is 18.9 Å². The second kappa shape index (κ2) is 5.08. The number of hydrogen-bond donors (Lipinski definition) is 0. The van der Waals surface area contributed by atoms with E-state index in [0.717, 1.165) is 0 Å². The highest BCUT2D eigenvalue weighted by Crippen LogP contribution is 2.65. The minimum Gasteiger partial charge on any atom is -0.465 e. The molecule has 1 saturated carbocycles. The van der Waals surface area contributed by atoms with Crippen molar-refractivity contribution in [3.63, 3.8) is 0 Å². The van der Waals surface area contributed by atoms with Crippen LogP contribution in [0.3, 0.4) is 0 Å². The molecule has 0 N–H and O–H groups in total. The van der Waals surface area contributed by atoms with E-state index in [1.165, 1.54) is 6.92 Å². The highest BCUT2D eigenvalue weighted by Gasteiger charge is 2.75. The molecule has 1 heterocycles. The van der Waals surface area contributed by atoms with Crippen LogP contribution in [0.5, 0.6) is 5.75 Å². The number of carbonyl (C=O) groups is 3. The molecule has 0 unspecified atom stereocenters. The molecule has 6 heteroatoms. The third-order valence-corrected chi connectivity index (χ3v) is 4.55. The van der Waals surface area contributed by atoms with Crippen LogP contribution >= 0.6 is 0 Å². The molecule has 1 aliphatic carbocycles. The first-order chi connectivity index (χ1) is 10.8. The summed E-state index contributed by atoms with van der Waals surface area (Å²) in [6, 6.07) is 6.97. The molecule has 1 fully saturated rings. The average Bonchev–Trinajstić information content (AvgIpc) is 2.45. The quantitative estimate of drug-likeness (QED) is 0.481. The fourth-order valence-corrected chi connectivity index (χ4v) is 3.89. The molecule has 2 aliphatic rings. The van der Waals surface area contributed by atoms with Crippen LogP contribution in [0, 0.1) is 5.41 Å². The summed E-state index contributed by atoms with van der Waals surface area (Å²) in [7, 11) is 0. The van der Waals surface area contributed by atoms with Gasteiger partial charge >= 0.3 is 17.9 Å². The minimum absolute atomic E-state index is 0.0518. The fraction of sp³-hybridized carbons (Fsp3) is 0.471. The number of carbonyl (C=O) groups excluding carboxylic acids is 3. The summed E-state index contributed by atoms with van der Waals surface area (Å²) in [6.07, 6.45) is 0.0518. The first-order valence-electron chi connectivity index (χ1n) is 7.53. The number of para-hydroxylation sites is 1. The summed E-state index contributed by atoms with van der Waals surface area (Å²) in [5.74, 6) is -1.96. The maximum absolute atomic E-state index is 12.6. The lowest BCUT2D eigenvalue weighted by molar-refractivity contribution is -0.219. The molecule has 1 aliphatic heterocycles. The lowest BCUT2D eigenvalue weighted by atomic mass is 9.48. The first-order valence-corrected chi connectivity index (χ1v) is 7.53. The van der Waals surface area contributed by atoms with Gasteiger partial charge in [0.15, 0.2) is 5.41 Å². The molecule has 0 spiro atoms. The predicted molar refractivity (Wildman–Crippen MR) is 78.7 cm³/mol. The summed E-state index contributed by atoms with van der Waals surface area (Å²) in [6.45, 7) is 4.87. The van der Waals surface area contributed by atoms with E-state index >= 15 is 0 Å². The Labute approximate surface area is 133 Å². The van der Waals surface area contributed by atoms with Crippen LogP contribution in [0.25, 0.3) is 0 Å². The van der Waals surface area contributed by atoms with E-state index in [1.807, 2.05) is 0 Å². The van der Waals surface area contributed by atoms with Gasteiger partial charge in [-0.15, -0.1) is 0 Å². The van der Waals surface area contributed by atoms with Gasteiger partial charge in [0.1, 0.15) is 11.4 Å². The van der Waals surface area contributed by atoms with Crippen LogP contribution in [0.15, 0.2) is 24.3 Å². The van der Waals surface area contributed by atoms with Gasteiger partial charge in [0.2, 0.25) is 0 Å². The molecular weight excluding hydrogens is 300 g/mol. The molecule has 6 nitrogen and oxygen atoms in total. The van der Waals surface area contributed by atoms with Crippen molar-refractivity contribution in [3.05, 3.63) is 29.8 Å². The molecule has 0 radical (unpaired) electrons. The van der Waals surface area contributed by atoms with E-state index in [0.29, 0.717) is 11.3 Å². The number of ether oxygens (including phenoxy) is 3. The topological polar surface area (TPSA) is 78.9 Å². The van der Waals surface area contributed by atoms with Crippen molar-refractivity contribution in [1.82, 2.24) is 0 Å². The third-order valence-electron chi connectivity index (χ3n) is 4.55. The van der Waals surface area contributed by atoms with Crippen LogP contribution < -0.4 is 4.74 Å². The summed E-state index contributed by atoms with van der Waals surface area (Å²) in [5, 5.41) is 0. The Morgan fingerprint density at radius 1 is 1.35 bits per heavy atom. The Morgan fingerprint density at radius 3 is 2.70 bits per heavy atom. The molecule has 0 aromatic heterocycles. The lowest BCUT2D eigenvalue weighted by Gasteiger charge is -2.58. The molecule has 3 atom stereocenters. The summed E-state index contributed by atoms with van der Waals surface area (Å²) < 4.78 is 15.9. The van der Waals surface area contributed by atoms with Crippen molar-refractivity contribution in [3.8, 4) is 5.75 Å². The zero-order valence-electron chi connectivity index (χ0n) is 13.3. The molecule has 122 valence electrons. The van der Waals surface area contributed by atoms with Gasteiger partial charge in [0.05, 0.1) is 12.5 Å². The summed E-state index contributed by atoms with van der Waals surface area (Å²) >= 11 is 0. The number of rotatable bonds is 3. The van der Waals surface area contributed by atoms with Gasteiger partial charge in [-0.2, -0.15) is 0 Å². The maximum atomic E-state index is 12.6. The SMILES string of the molecule is CCOC(=O)[C@@]12C[C@@](C)(OC(C)=O)[C@@H]1c1ccccc1OC2=O. The first kappa shape index (κ1) is 15.5. The highest BCUT2D eigenvalue weighted by molar-refractivity contribution is 6.05. The molecule has 1 aromatic carbocycles. The van der Waals surface area contributed by atoms with Crippen molar-refractivity contribution in [2.24, 2.45) is 5.41 Å². The maximum Gasteiger partial charge on any atom is 0.329 e. The van der Waals surface area contributed by atoms with Crippen LogP contribution in [0.1, 0.15) is 38.7 Å². The van der Waals surface area contributed by atoms with Crippen LogP contribution in [0.4, 0.5) is 0 Å². The molecule has 0 saturated heterocycles. The molecule has 0 bridgehead atoms. The van der Waals surface area contributed by atoms with Gasteiger partial charge in [-0.1, -0.05) is 18.2 Å². The second-order valence-corrected chi connectivity index (χ2v) is 6.14. The minimum atomic E-state index is -1.45. The Morgan fingerprint density at radius 2 is 2.04 bits per heavy atom. The van der Waals surface area contributed by atoms with Gasteiger partial charge in [-0.05, 0) is 19.9 Å². The Balaban J connectivity index is 2.12. The van der Waals surface area contributed by atoms with E-state index in [4.69, 9.17) is 14.2 Å². The molecule has 0 amide bonds. The van der Waals surface area contributed by atoms with Gasteiger partial charge in [0.25, 0.3) is 0 Å².